The maximum absolute atomic E-state index is 10.5. The molecule has 0 fully saturated rings. The first kappa shape index (κ1) is 15.2. The number of anilines is 1. The molecule has 2 rings (SSSR count). The van der Waals surface area contributed by atoms with Crippen LogP contribution in [0.5, 0.6) is 5.75 Å². The second-order valence-electron chi connectivity index (χ2n) is 3.86. The minimum absolute atomic E-state index is 0.0428. The quantitative estimate of drug-likeness (QED) is 0.486. The van der Waals surface area contributed by atoms with E-state index < -0.39 is 4.92 Å². The van der Waals surface area contributed by atoms with Gasteiger partial charge in [-0.25, -0.2) is 4.98 Å². The van der Waals surface area contributed by atoms with Crippen molar-refractivity contribution in [3.05, 3.63) is 55.6 Å². The number of hydrogen-bond donors (Lipinski definition) is 2. The smallest absolute Gasteiger partial charge is 0.287 e. The predicted octanol–water partition coefficient (Wildman–Crippen LogP) is 3.56. The van der Waals surface area contributed by atoms with Crippen LogP contribution in [0.1, 0.15) is 5.56 Å². The first-order valence-corrected chi connectivity index (χ1v) is 6.72. The maximum atomic E-state index is 10.5. The number of benzene rings is 1. The Kier molecular flexibility index (Phi) is 4.71. The molecule has 1 aromatic carbocycles. The van der Waals surface area contributed by atoms with Crippen LogP contribution in [0.15, 0.2) is 40.0 Å². The molecule has 0 bridgehead atoms. The molecule has 2 N–H and O–H groups in total. The fourth-order valence-electron chi connectivity index (χ4n) is 1.39. The van der Waals surface area contributed by atoms with Gasteiger partial charge in [-0.15, -0.1) is 0 Å². The largest absolute Gasteiger partial charge is 0.505 e. The topological polar surface area (TPSA) is 101 Å². The van der Waals surface area contributed by atoms with Crippen molar-refractivity contribution in [2.75, 3.05) is 5.43 Å². The Morgan fingerprint density at radius 3 is 2.81 bits per heavy atom. The van der Waals surface area contributed by atoms with Gasteiger partial charge in [-0.05, 0) is 39.7 Å². The van der Waals surface area contributed by atoms with Crippen molar-refractivity contribution in [2.45, 2.75) is 0 Å². The average molecular weight is 372 g/mol. The van der Waals surface area contributed by atoms with Gasteiger partial charge in [0.2, 0.25) is 0 Å². The molecule has 0 radical (unpaired) electrons. The first-order valence-electron chi connectivity index (χ1n) is 5.55. The minimum atomic E-state index is -0.532. The molecule has 1 heterocycles. The first-order chi connectivity index (χ1) is 9.97. The van der Waals surface area contributed by atoms with Gasteiger partial charge in [-0.2, -0.15) is 5.10 Å². The lowest BCUT2D eigenvalue weighted by atomic mass is 10.2. The molecule has 108 valence electrons. The van der Waals surface area contributed by atoms with Crippen molar-refractivity contribution >= 4 is 45.3 Å². The number of hydrazone groups is 1. The van der Waals surface area contributed by atoms with E-state index in [0.29, 0.717) is 15.9 Å². The zero-order valence-corrected chi connectivity index (χ0v) is 12.7. The van der Waals surface area contributed by atoms with Gasteiger partial charge < -0.3 is 5.11 Å². The van der Waals surface area contributed by atoms with E-state index in [4.69, 9.17) is 11.6 Å². The molecule has 0 saturated carbocycles. The van der Waals surface area contributed by atoms with Crippen molar-refractivity contribution in [2.24, 2.45) is 5.10 Å². The maximum Gasteiger partial charge on any atom is 0.287 e. The molecule has 7 nitrogen and oxygen atoms in total. The fourth-order valence-corrected chi connectivity index (χ4v) is 2.21. The highest BCUT2D eigenvalue weighted by atomic mass is 79.9. The van der Waals surface area contributed by atoms with E-state index in [2.05, 4.69) is 31.4 Å². The van der Waals surface area contributed by atoms with Gasteiger partial charge in [-0.3, -0.25) is 15.5 Å². The van der Waals surface area contributed by atoms with Gasteiger partial charge in [0.05, 0.1) is 20.6 Å². The second kappa shape index (κ2) is 6.51. The van der Waals surface area contributed by atoms with E-state index in [1.807, 2.05) is 0 Å². The second-order valence-corrected chi connectivity index (χ2v) is 5.12. The number of hydrogen-bond acceptors (Lipinski definition) is 6. The van der Waals surface area contributed by atoms with E-state index in [1.54, 1.807) is 6.07 Å². The monoisotopic (exact) mass is 370 g/mol. The zero-order valence-electron chi connectivity index (χ0n) is 10.3. The number of nitrogens with zero attached hydrogens (tertiary/aromatic N) is 3. The third kappa shape index (κ3) is 3.89. The van der Waals surface area contributed by atoms with Crippen LogP contribution in [0.2, 0.25) is 5.02 Å². The van der Waals surface area contributed by atoms with E-state index >= 15 is 0 Å². The Morgan fingerprint density at radius 2 is 2.24 bits per heavy atom. The number of pyridine rings is 1. The number of halogens is 2. The molecule has 0 aliphatic heterocycles. The van der Waals surface area contributed by atoms with Gasteiger partial charge in [0, 0.05) is 6.07 Å². The highest BCUT2D eigenvalue weighted by Gasteiger charge is 2.06. The number of nitrogens with one attached hydrogen (secondary N) is 1. The highest BCUT2D eigenvalue weighted by molar-refractivity contribution is 9.10. The molecule has 1 aromatic heterocycles. The molecule has 0 saturated heterocycles. The van der Waals surface area contributed by atoms with Crippen molar-refractivity contribution in [3.8, 4) is 5.75 Å². The molecule has 2 aromatic rings. The van der Waals surface area contributed by atoms with Gasteiger partial charge in [0.15, 0.2) is 0 Å². The Hall–Kier alpha value is -2.19. The van der Waals surface area contributed by atoms with Crippen molar-refractivity contribution < 1.29 is 10.0 Å². The van der Waals surface area contributed by atoms with Gasteiger partial charge >= 0.3 is 0 Å². The standard InChI is InChI=1S/C12H8BrClN4O3/c13-9-3-7(4-10(14)12(9)19)5-16-17-11-2-1-8(6-15-11)18(20)21/h1-6,19H,(H,15,17). The summed E-state index contributed by atoms with van der Waals surface area (Å²) in [7, 11) is 0. The summed E-state index contributed by atoms with van der Waals surface area (Å²) in [6.07, 6.45) is 2.60. The lowest BCUT2D eigenvalue weighted by molar-refractivity contribution is -0.385. The summed E-state index contributed by atoms with van der Waals surface area (Å²) in [5.74, 6) is 0.319. The Labute approximate surface area is 132 Å². The fraction of sp³-hybridized carbons (Fsp3) is 0. The predicted molar refractivity (Wildman–Crippen MR) is 82.9 cm³/mol. The summed E-state index contributed by atoms with van der Waals surface area (Å²) >= 11 is 8.99. The van der Waals surface area contributed by atoms with E-state index in [-0.39, 0.29) is 16.5 Å². The Balaban J connectivity index is 2.07. The molecule has 0 unspecified atom stereocenters. The molecule has 21 heavy (non-hydrogen) atoms. The van der Waals surface area contributed by atoms with Crippen LogP contribution >= 0.6 is 27.5 Å². The summed E-state index contributed by atoms with van der Waals surface area (Å²) in [4.78, 5) is 13.8. The number of nitro groups is 1. The van der Waals surface area contributed by atoms with E-state index in [9.17, 15) is 15.2 Å². The highest BCUT2D eigenvalue weighted by Crippen LogP contribution is 2.32. The molecule has 0 spiro atoms. The number of phenols is 1. The third-order valence-electron chi connectivity index (χ3n) is 2.39. The van der Waals surface area contributed by atoms with Crippen LogP contribution in [0, 0.1) is 10.1 Å². The molecular weight excluding hydrogens is 364 g/mol. The molecular formula is C12H8BrClN4O3. The number of phenolic OH excluding ortho intramolecular Hbond substituents is 1. The van der Waals surface area contributed by atoms with Gasteiger partial charge in [0.25, 0.3) is 5.69 Å². The Bertz CT molecular complexity index is 683. The molecule has 9 heteroatoms. The van der Waals surface area contributed by atoms with Gasteiger partial charge in [-0.1, -0.05) is 11.6 Å². The van der Waals surface area contributed by atoms with Crippen LogP contribution in [-0.4, -0.2) is 21.2 Å². The van der Waals surface area contributed by atoms with Crippen LogP contribution < -0.4 is 5.43 Å². The van der Waals surface area contributed by atoms with E-state index in [0.717, 1.165) is 6.20 Å². The third-order valence-corrected chi connectivity index (χ3v) is 3.28. The minimum Gasteiger partial charge on any atom is -0.505 e. The lowest BCUT2D eigenvalue weighted by Gasteiger charge is -2.02. The Morgan fingerprint density at radius 1 is 1.48 bits per heavy atom. The van der Waals surface area contributed by atoms with Crippen LogP contribution in [0.25, 0.3) is 0 Å². The molecule has 0 aliphatic carbocycles. The average Bonchev–Trinajstić information content (AvgIpc) is 2.45. The normalized spacial score (nSPS) is 10.8. The van der Waals surface area contributed by atoms with Crippen molar-refractivity contribution in [1.29, 1.82) is 0 Å². The zero-order chi connectivity index (χ0) is 15.4. The summed E-state index contributed by atoms with van der Waals surface area (Å²) in [6, 6.07) is 5.93. The summed E-state index contributed by atoms with van der Waals surface area (Å²) < 4.78 is 0.449. The van der Waals surface area contributed by atoms with E-state index in [1.165, 1.54) is 24.4 Å². The van der Waals surface area contributed by atoms with Crippen molar-refractivity contribution in [3.63, 3.8) is 0 Å². The van der Waals surface area contributed by atoms with Crippen LogP contribution in [-0.2, 0) is 0 Å². The lowest BCUT2D eigenvalue weighted by Crippen LogP contribution is -1.95. The van der Waals surface area contributed by atoms with Gasteiger partial charge in [0.1, 0.15) is 17.8 Å². The SMILES string of the molecule is O=[N+]([O-])c1ccc(NN=Cc2cc(Cl)c(O)c(Br)c2)nc1. The number of rotatable bonds is 4. The van der Waals surface area contributed by atoms with Crippen LogP contribution in [0.4, 0.5) is 11.5 Å². The molecule has 0 aliphatic rings. The number of aromatic hydroxyl groups is 1. The summed E-state index contributed by atoms with van der Waals surface area (Å²) in [5, 5.41) is 24.1. The van der Waals surface area contributed by atoms with Crippen LogP contribution in [0.3, 0.4) is 0 Å². The van der Waals surface area contributed by atoms with Crippen molar-refractivity contribution in [1.82, 2.24) is 4.98 Å². The summed E-state index contributed by atoms with van der Waals surface area (Å²) in [5.41, 5.74) is 3.18. The molecule has 0 amide bonds. The molecule has 0 atom stereocenters. The number of aromatic nitrogens is 1. The summed E-state index contributed by atoms with van der Waals surface area (Å²) in [6.45, 7) is 0.